The first-order valence-electron chi connectivity index (χ1n) is 13.9. The quantitative estimate of drug-likeness (QED) is 0.365. The van der Waals surface area contributed by atoms with Gasteiger partial charge in [0.05, 0.1) is 0 Å². The van der Waals surface area contributed by atoms with Crippen LogP contribution in [0.15, 0.2) is 34.5 Å². The van der Waals surface area contributed by atoms with Gasteiger partial charge in [-0.3, -0.25) is 18.9 Å². The first kappa shape index (κ1) is 31.0. The molecular weight excluding hydrogens is 569 g/mol. The van der Waals surface area contributed by atoms with Crippen molar-refractivity contribution in [3.63, 3.8) is 0 Å². The van der Waals surface area contributed by atoms with Crippen molar-refractivity contribution in [3.05, 3.63) is 51.3 Å². The summed E-state index contributed by atoms with van der Waals surface area (Å²) in [5.41, 5.74) is -0.218. The SMILES string of the molecule is Cc1cn([C@H]2O[C@@H](COC(=S)n3ccnc3)[C@@H]3O[Si](C(C)C)(C(C)C)O[Si](C(C)C)(C(C)C)O[C@H]32)c(=O)[nH]c1=O. The molecule has 2 saturated heterocycles. The molecule has 0 amide bonds. The minimum atomic E-state index is -2.98. The summed E-state index contributed by atoms with van der Waals surface area (Å²) >= 11 is 5.46. The van der Waals surface area contributed by atoms with Gasteiger partial charge in [0.15, 0.2) is 6.23 Å². The average molecular weight is 611 g/mol. The van der Waals surface area contributed by atoms with Crippen LogP contribution >= 0.6 is 12.2 Å². The number of aryl methyl sites for hydroxylation is 1. The maximum Gasteiger partial charge on any atom is 0.335 e. The first-order valence-corrected chi connectivity index (χ1v) is 18.3. The standard InChI is InChI=1S/C26H42N4O7SSi2/c1-15(2)39(16(3)4)35-21-20(13-33-26(38)29-11-10-27-14-29)34-24(30-12-19(9)23(31)28-25(30)32)22(21)36-40(37-39,17(5)6)18(7)8/h10-12,14-18,20-22,24H,13H2,1-9H3,(H,28,31,32)/t20-,21-,22+,24-/m0/s1. The smallest absolute Gasteiger partial charge is 0.335 e. The van der Waals surface area contributed by atoms with Crippen molar-refractivity contribution in [2.24, 2.45) is 0 Å². The summed E-state index contributed by atoms with van der Waals surface area (Å²) in [5, 5.41) is 0.216. The number of hydrogen-bond acceptors (Lipinski definition) is 9. The summed E-state index contributed by atoms with van der Waals surface area (Å²) in [6, 6.07) is 0. The second-order valence-electron chi connectivity index (χ2n) is 11.9. The van der Waals surface area contributed by atoms with Gasteiger partial charge in [-0.2, -0.15) is 0 Å². The second-order valence-corrected chi connectivity index (χ2v) is 21.1. The maximum atomic E-state index is 13.1. The van der Waals surface area contributed by atoms with Crippen LogP contribution in [0.25, 0.3) is 0 Å². The minimum absolute atomic E-state index is 0.0632. The Labute approximate surface area is 242 Å². The molecule has 0 bridgehead atoms. The maximum absolute atomic E-state index is 13.1. The van der Waals surface area contributed by atoms with Crippen LogP contribution in [0.1, 0.15) is 67.2 Å². The molecule has 0 aliphatic carbocycles. The van der Waals surface area contributed by atoms with Crippen molar-refractivity contribution in [2.75, 3.05) is 6.61 Å². The Bertz CT molecular complexity index is 1290. The van der Waals surface area contributed by atoms with Crippen LogP contribution in [0.3, 0.4) is 0 Å². The van der Waals surface area contributed by atoms with Gasteiger partial charge in [0.2, 0.25) is 0 Å². The fourth-order valence-electron chi connectivity index (χ4n) is 5.78. The zero-order valence-electron chi connectivity index (χ0n) is 24.7. The highest BCUT2D eigenvalue weighted by Crippen LogP contribution is 2.51. The highest BCUT2D eigenvalue weighted by Gasteiger charge is 2.65. The highest BCUT2D eigenvalue weighted by atomic mass is 32.1. The van der Waals surface area contributed by atoms with E-state index in [0.717, 1.165) is 0 Å². The lowest BCUT2D eigenvalue weighted by atomic mass is 10.1. The molecule has 2 fully saturated rings. The number of nitrogens with one attached hydrogen (secondary N) is 1. The Morgan fingerprint density at radius 1 is 1.02 bits per heavy atom. The number of hydrogen-bond donors (Lipinski definition) is 1. The molecule has 0 spiro atoms. The molecule has 0 unspecified atom stereocenters. The highest BCUT2D eigenvalue weighted by molar-refractivity contribution is 7.80. The summed E-state index contributed by atoms with van der Waals surface area (Å²) in [5.74, 6) is 0. The second kappa shape index (κ2) is 11.7. The summed E-state index contributed by atoms with van der Waals surface area (Å²) in [4.78, 5) is 31.7. The minimum Gasteiger partial charge on any atom is -0.468 e. The van der Waals surface area contributed by atoms with E-state index in [9.17, 15) is 9.59 Å². The van der Waals surface area contributed by atoms with Crippen LogP contribution in [0.4, 0.5) is 0 Å². The Kier molecular flexibility index (Phi) is 9.10. The fourth-order valence-corrected chi connectivity index (χ4v) is 17.2. The molecule has 4 atom stereocenters. The van der Waals surface area contributed by atoms with Gasteiger partial charge in [0.1, 0.15) is 31.2 Å². The van der Waals surface area contributed by atoms with Gasteiger partial charge in [-0.25, -0.2) is 9.78 Å². The summed E-state index contributed by atoms with van der Waals surface area (Å²) < 4.78 is 37.2. The van der Waals surface area contributed by atoms with Crippen LogP contribution < -0.4 is 11.2 Å². The predicted molar refractivity (Wildman–Crippen MR) is 159 cm³/mol. The molecular formula is C26H42N4O7SSi2. The number of ether oxygens (including phenoxy) is 2. The van der Waals surface area contributed by atoms with Crippen molar-refractivity contribution in [1.29, 1.82) is 0 Å². The molecule has 14 heteroatoms. The van der Waals surface area contributed by atoms with Crippen LogP contribution in [0, 0.1) is 6.92 Å². The number of imidazole rings is 1. The van der Waals surface area contributed by atoms with Crippen molar-refractivity contribution >= 4 is 34.5 Å². The molecule has 2 aliphatic rings. The average Bonchev–Trinajstić information content (AvgIpc) is 3.48. The van der Waals surface area contributed by atoms with Gasteiger partial charge in [0.25, 0.3) is 10.7 Å². The van der Waals surface area contributed by atoms with E-state index in [1.54, 1.807) is 30.2 Å². The molecule has 11 nitrogen and oxygen atoms in total. The molecule has 222 valence electrons. The van der Waals surface area contributed by atoms with Gasteiger partial charge < -0.3 is 22.4 Å². The third-order valence-electron chi connectivity index (χ3n) is 7.97. The number of rotatable bonds is 7. The summed E-state index contributed by atoms with van der Waals surface area (Å²) in [7, 11) is -5.92. The first-order chi connectivity index (χ1) is 18.7. The molecule has 4 rings (SSSR count). The summed E-state index contributed by atoms with van der Waals surface area (Å²) in [6.45, 7) is 18.8. The van der Waals surface area contributed by atoms with Crippen molar-refractivity contribution in [3.8, 4) is 0 Å². The lowest BCUT2D eigenvalue weighted by Gasteiger charge is -2.46. The lowest BCUT2D eigenvalue weighted by molar-refractivity contribution is -0.0568. The molecule has 40 heavy (non-hydrogen) atoms. The zero-order valence-corrected chi connectivity index (χ0v) is 27.6. The summed E-state index contributed by atoms with van der Waals surface area (Å²) in [6.07, 6.45) is 3.61. The third-order valence-corrected chi connectivity index (χ3v) is 18.6. The van der Waals surface area contributed by atoms with Gasteiger partial charge in [-0.1, -0.05) is 55.4 Å². The van der Waals surface area contributed by atoms with E-state index < -0.39 is 52.9 Å². The number of nitrogens with zero attached hydrogens (tertiary/aromatic N) is 3. The number of H-pyrrole nitrogens is 1. The van der Waals surface area contributed by atoms with Crippen molar-refractivity contribution in [2.45, 2.75) is 109 Å². The lowest BCUT2D eigenvalue weighted by Crippen LogP contribution is -2.60. The normalized spacial score (nSPS) is 25.9. The van der Waals surface area contributed by atoms with E-state index in [2.05, 4.69) is 65.4 Å². The number of aromatic nitrogens is 4. The van der Waals surface area contributed by atoms with Crippen LogP contribution in [0.5, 0.6) is 0 Å². The monoisotopic (exact) mass is 610 g/mol. The topological polar surface area (TPSA) is 119 Å². The number of aromatic amines is 1. The zero-order chi connectivity index (χ0) is 29.6. The Morgan fingerprint density at radius 2 is 1.60 bits per heavy atom. The molecule has 0 aromatic carbocycles. The van der Waals surface area contributed by atoms with Crippen LogP contribution in [-0.2, 0) is 22.4 Å². The van der Waals surface area contributed by atoms with E-state index in [4.69, 9.17) is 34.7 Å². The largest absolute Gasteiger partial charge is 0.468 e. The Morgan fingerprint density at radius 3 is 2.12 bits per heavy atom. The van der Waals surface area contributed by atoms with Gasteiger partial charge in [-0.05, 0) is 41.3 Å². The van der Waals surface area contributed by atoms with E-state index in [0.29, 0.717) is 5.56 Å². The van der Waals surface area contributed by atoms with E-state index in [-0.39, 0.29) is 33.9 Å². The van der Waals surface area contributed by atoms with Crippen molar-refractivity contribution < 1.29 is 22.4 Å². The van der Waals surface area contributed by atoms with E-state index in [1.807, 2.05) is 0 Å². The molecule has 0 radical (unpaired) electrons. The van der Waals surface area contributed by atoms with Gasteiger partial charge in [-0.15, -0.1) is 0 Å². The molecule has 0 saturated carbocycles. The molecule has 2 aromatic rings. The van der Waals surface area contributed by atoms with E-state index in [1.165, 1.54) is 10.8 Å². The number of fused-ring (bicyclic) bond motifs is 1. The van der Waals surface area contributed by atoms with Gasteiger partial charge in [0, 0.05) is 24.2 Å². The Hall–Kier alpha value is -1.95. The van der Waals surface area contributed by atoms with Crippen LogP contribution in [-0.4, -0.2) is 66.3 Å². The number of thiocarbonyl (C=S) groups is 1. The molecule has 1 N–H and O–H groups in total. The molecule has 2 aliphatic heterocycles. The van der Waals surface area contributed by atoms with E-state index >= 15 is 0 Å². The van der Waals surface area contributed by atoms with Crippen LogP contribution in [0.2, 0.25) is 22.2 Å². The Balaban J connectivity index is 1.85. The van der Waals surface area contributed by atoms with Crippen molar-refractivity contribution in [1.82, 2.24) is 19.1 Å². The predicted octanol–water partition coefficient (Wildman–Crippen LogP) is 4.11. The third kappa shape index (κ3) is 5.46. The fraction of sp³-hybridized carbons (Fsp3) is 0.692. The molecule has 2 aromatic heterocycles. The molecule has 4 heterocycles. The van der Waals surface area contributed by atoms with Gasteiger partial charge >= 0.3 is 22.8 Å².